The summed E-state index contributed by atoms with van der Waals surface area (Å²) in [6.45, 7) is 2.02. The maximum atomic E-state index is 5.10. The van der Waals surface area contributed by atoms with Crippen molar-refractivity contribution in [2.24, 2.45) is 0 Å². The lowest BCUT2D eigenvalue weighted by atomic mass is 10.3. The summed E-state index contributed by atoms with van der Waals surface area (Å²) in [5.41, 5.74) is 0. The van der Waals surface area contributed by atoms with Crippen LogP contribution in [0.4, 0.5) is 0 Å². The van der Waals surface area contributed by atoms with E-state index in [0.29, 0.717) is 0 Å². The highest BCUT2D eigenvalue weighted by Crippen LogP contribution is 2.22. The van der Waals surface area contributed by atoms with E-state index in [0.717, 1.165) is 29.8 Å². The Morgan fingerprint density at radius 3 is 3.25 bits per heavy atom. The first-order valence-corrected chi connectivity index (χ1v) is 5.19. The maximum Gasteiger partial charge on any atom is 0.244 e. The average Bonchev–Trinajstić information content (AvgIpc) is 2.75. The van der Waals surface area contributed by atoms with Crippen LogP contribution in [0.3, 0.4) is 0 Å². The molecule has 1 unspecified atom stereocenters. The molecule has 1 N–H and O–H groups in total. The second-order valence-electron chi connectivity index (χ2n) is 2.67. The average molecular weight is 185 g/mol. The molecule has 1 aliphatic rings. The molecule has 0 aliphatic carbocycles. The lowest BCUT2D eigenvalue weighted by Gasteiger charge is -1.99. The molecule has 66 valence electrons. The number of nitrogens with zero attached hydrogens (tertiary/aromatic N) is 2. The summed E-state index contributed by atoms with van der Waals surface area (Å²) in [6.07, 6.45) is 0.837. The zero-order valence-electron chi connectivity index (χ0n) is 6.91. The van der Waals surface area contributed by atoms with Gasteiger partial charge >= 0.3 is 0 Å². The van der Waals surface area contributed by atoms with Crippen molar-refractivity contribution < 1.29 is 4.52 Å². The third-order valence-electron chi connectivity index (χ3n) is 1.81. The van der Waals surface area contributed by atoms with Gasteiger partial charge in [0, 0.05) is 18.1 Å². The first kappa shape index (κ1) is 8.07. The van der Waals surface area contributed by atoms with Crippen LogP contribution in [0.5, 0.6) is 0 Å². The molecule has 0 saturated carbocycles. The summed E-state index contributed by atoms with van der Waals surface area (Å²) < 4.78 is 5.10. The van der Waals surface area contributed by atoms with Crippen molar-refractivity contribution in [1.82, 2.24) is 15.5 Å². The molecule has 0 spiro atoms. The molecule has 1 fully saturated rings. The largest absolute Gasteiger partial charge is 0.338 e. The van der Waals surface area contributed by atoms with Crippen LogP contribution in [0.1, 0.15) is 24.7 Å². The molecule has 0 aromatic carbocycles. The minimum absolute atomic E-state index is 0.266. The van der Waals surface area contributed by atoms with Gasteiger partial charge in [0.1, 0.15) is 0 Å². The monoisotopic (exact) mass is 185 g/mol. The molecule has 1 aromatic heterocycles. The number of nitrogens with one attached hydrogen (secondary N) is 1. The van der Waals surface area contributed by atoms with Gasteiger partial charge in [-0.15, -0.1) is 11.8 Å². The Bertz CT molecular complexity index is 257. The molecular weight excluding hydrogens is 174 g/mol. The van der Waals surface area contributed by atoms with Gasteiger partial charge in [-0.1, -0.05) is 12.1 Å². The van der Waals surface area contributed by atoms with Crippen LogP contribution < -0.4 is 5.32 Å². The number of aryl methyl sites for hydroxylation is 1. The topological polar surface area (TPSA) is 51.0 Å². The van der Waals surface area contributed by atoms with Crippen LogP contribution in [-0.2, 0) is 6.42 Å². The summed E-state index contributed by atoms with van der Waals surface area (Å²) in [6, 6.07) is 0.266. The molecule has 2 heterocycles. The van der Waals surface area contributed by atoms with E-state index in [4.69, 9.17) is 4.52 Å². The van der Waals surface area contributed by atoms with Gasteiger partial charge in [0.25, 0.3) is 0 Å². The van der Waals surface area contributed by atoms with E-state index >= 15 is 0 Å². The molecule has 4 nitrogen and oxygen atoms in total. The highest BCUT2D eigenvalue weighted by molar-refractivity contribution is 7.99. The molecule has 1 aliphatic heterocycles. The van der Waals surface area contributed by atoms with Crippen LogP contribution in [0, 0.1) is 0 Å². The van der Waals surface area contributed by atoms with Gasteiger partial charge in [0.15, 0.2) is 5.82 Å². The normalized spacial score (nSPS) is 23.2. The van der Waals surface area contributed by atoms with Crippen molar-refractivity contribution in [2.45, 2.75) is 19.4 Å². The summed E-state index contributed by atoms with van der Waals surface area (Å²) in [5, 5.41) is 7.12. The minimum Gasteiger partial charge on any atom is -0.338 e. The van der Waals surface area contributed by atoms with Gasteiger partial charge in [-0.05, 0) is 0 Å². The summed E-state index contributed by atoms with van der Waals surface area (Å²) in [7, 11) is 0. The molecule has 0 radical (unpaired) electrons. The van der Waals surface area contributed by atoms with E-state index < -0.39 is 0 Å². The fourth-order valence-corrected chi connectivity index (χ4v) is 2.04. The Labute approximate surface area is 75.1 Å². The first-order chi connectivity index (χ1) is 5.90. The Hall–Kier alpha value is -0.550. The zero-order valence-corrected chi connectivity index (χ0v) is 7.73. The van der Waals surface area contributed by atoms with Gasteiger partial charge in [-0.3, -0.25) is 5.32 Å². The Morgan fingerprint density at radius 1 is 1.75 bits per heavy atom. The highest BCUT2D eigenvalue weighted by Gasteiger charge is 2.22. The molecule has 12 heavy (non-hydrogen) atoms. The maximum absolute atomic E-state index is 5.10. The Balaban J connectivity index is 2.11. The molecular formula is C7H11N3OS. The molecule has 1 aromatic rings. The smallest absolute Gasteiger partial charge is 0.244 e. The predicted molar refractivity (Wildman–Crippen MR) is 46.9 cm³/mol. The Kier molecular flexibility index (Phi) is 2.32. The third kappa shape index (κ3) is 1.47. The second-order valence-corrected chi connectivity index (χ2v) is 3.70. The van der Waals surface area contributed by atoms with Crippen LogP contribution in [0.15, 0.2) is 4.52 Å². The van der Waals surface area contributed by atoms with Crippen molar-refractivity contribution in [1.29, 1.82) is 0 Å². The van der Waals surface area contributed by atoms with Crippen molar-refractivity contribution in [2.75, 3.05) is 11.6 Å². The van der Waals surface area contributed by atoms with Gasteiger partial charge in [0.2, 0.25) is 5.89 Å². The van der Waals surface area contributed by atoms with E-state index in [1.165, 1.54) is 0 Å². The standard InChI is InChI=1S/C7H11N3OS/c1-2-6-9-7(11-10-6)5-3-12-4-8-5/h5,8H,2-4H2,1H3. The van der Waals surface area contributed by atoms with Crippen LogP contribution in [0.2, 0.25) is 0 Å². The lowest BCUT2D eigenvalue weighted by Crippen LogP contribution is -2.14. The van der Waals surface area contributed by atoms with E-state index in [2.05, 4.69) is 15.5 Å². The van der Waals surface area contributed by atoms with Crippen molar-refractivity contribution in [3.63, 3.8) is 0 Å². The fourth-order valence-electron chi connectivity index (χ4n) is 1.11. The second kappa shape index (κ2) is 3.45. The van der Waals surface area contributed by atoms with E-state index in [1.54, 1.807) is 0 Å². The third-order valence-corrected chi connectivity index (χ3v) is 2.75. The Morgan fingerprint density at radius 2 is 2.67 bits per heavy atom. The molecule has 1 saturated heterocycles. The SMILES string of the molecule is CCc1noc(C2CSCN2)n1. The van der Waals surface area contributed by atoms with Crippen LogP contribution in [-0.4, -0.2) is 21.8 Å². The molecule has 5 heteroatoms. The molecule has 2 rings (SSSR count). The van der Waals surface area contributed by atoms with Crippen LogP contribution >= 0.6 is 11.8 Å². The van der Waals surface area contributed by atoms with Gasteiger partial charge < -0.3 is 4.52 Å². The summed E-state index contributed by atoms with van der Waals surface area (Å²) in [5.74, 6) is 3.54. The summed E-state index contributed by atoms with van der Waals surface area (Å²) >= 11 is 1.85. The predicted octanol–water partition coefficient (Wildman–Crippen LogP) is 0.967. The minimum atomic E-state index is 0.266. The molecule has 0 bridgehead atoms. The van der Waals surface area contributed by atoms with Gasteiger partial charge in [-0.25, -0.2) is 0 Å². The summed E-state index contributed by atoms with van der Waals surface area (Å²) in [4.78, 5) is 4.26. The highest BCUT2D eigenvalue weighted by atomic mass is 32.2. The van der Waals surface area contributed by atoms with Crippen molar-refractivity contribution in [3.05, 3.63) is 11.7 Å². The van der Waals surface area contributed by atoms with Crippen molar-refractivity contribution in [3.8, 4) is 0 Å². The van der Waals surface area contributed by atoms with Crippen LogP contribution in [0.25, 0.3) is 0 Å². The number of hydrogen-bond acceptors (Lipinski definition) is 5. The van der Waals surface area contributed by atoms with Gasteiger partial charge in [-0.2, -0.15) is 4.98 Å². The zero-order chi connectivity index (χ0) is 8.39. The van der Waals surface area contributed by atoms with E-state index in [1.807, 2.05) is 18.7 Å². The number of aromatic nitrogens is 2. The van der Waals surface area contributed by atoms with Gasteiger partial charge in [0.05, 0.1) is 6.04 Å². The number of thioether (sulfide) groups is 1. The first-order valence-electron chi connectivity index (χ1n) is 4.03. The van der Waals surface area contributed by atoms with Crippen molar-refractivity contribution >= 4 is 11.8 Å². The molecule has 0 amide bonds. The quantitative estimate of drug-likeness (QED) is 0.744. The molecule has 1 atom stereocenters. The number of hydrogen-bond donors (Lipinski definition) is 1. The fraction of sp³-hybridized carbons (Fsp3) is 0.714. The van der Waals surface area contributed by atoms with E-state index in [9.17, 15) is 0 Å². The number of rotatable bonds is 2. The van der Waals surface area contributed by atoms with E-state index in [-0.39, 0.29) is 6.04 Å². The lowest BCUT2D eigenvalue weighted by molar-refractivity contribution is 0.347.